The van der Waals surface area contributed by atoms with Gasteiger partial charge in [0.2, 0.25) is 0 Å². The summed E-state index contributed by atoms with van der Waals surface area (Å²) in [5.41, 5.74) is -0.872. The Morgan fingerprint density at radius 3 is 2.25 bits per heavy atom. The van der Waals surface area contributed by atoms with Gasteiger partial charge in [0.25, 0.3) is 10.1 Å². The van der Waals surface area contributed by atoms with Crippen molar-refractivity contribution in [3.05, 3.63) is 65.2 Å². The summed E-state index contributed by atoms with van der Waals surface area (Å²) >= 11 is 0. The third-order valence-electron chi connectivity index (χ3n) is 2.59. The van der Waals surface area contributed by atoms with Crippen LogP contribution in [0.2, 0.25) is 0 Å². The van der Waals surface area contributed by atoms with Crippen molar-refractivity contribution in [2.75, 3.05) is 0 Å². The van der Waals surface area contributed by atoms with Gasteiger partial charge in [-0.25, -0.2) is 8.78 Å². The zero-order valence-corrected chi connectivity index (χ0v) is 10.7. The van der Waals surface area contributed by atoms with Crippen molar-refractivity contribution in [1.29, 1.82) is 0 Å². The summed E-state index contributed by atoms with van der Waals surface area (Å²) in [5, 5.41) is 0. The van der Waals surface area contributed by atoms with E-state index in [1.54, 1.807) is 0 Å². The fourth-order valence-corrected chi connectivity index (χ4v) is 2.39. The molecule has 1 N–H and O–H groups in total. The molecule has 0 aliphatic carbocycles. The molecular weight excluding hydrogens is 290 g/mol. The molecule has 7 heteroatoms. The van der Waals surface area contributed by atoms with Crippen molar-refractivity contribution in [1.82, 2.24) is 0 Å². The Morgan fingerprint density at radius 1 is 1.00 bits per heavy atom. The summed E-state index contributed by atoms with van der Waals surface area (Å²) in [7, 11) is -4.62. The first-order valence-corrected chi connectivity index (χ1v) is 6.81. The number of halogens is 2. The van der Waals surface area contributed by atoms with Crippen LogP contribution in [-0.2, 0) is 10.1 Å². The number of benzene rings is 2. The molecule has 0 radical (unpaired) electrons. The largest absolute Gasteiger partial charge is 0.295 e. The summed E-state index contributed by atoms with van der Waals surface area (Å²) < 4.78 is 57.7. The Hall–Kier alpha value is -2.12. The summed E-state index contributed by atoms with van der Waals surface area (Å²) in [6, 6.07) is 7.13. The highest BCUT2D eigenvalue weighted by Gasteiger charge is 2.22. The highest BCUT2D eigenvalue weighted by atomic mass is 32.2. The number of ketones is 1. The van der Waals surface area contributed by atoms with Gasteiger partial charge < -0.3 is 0 Å². The van der Waals surface area contributed by atoms with Crippen molar-refractivity contribution >= 4 is 15.9 Å². The van der Waals surface area contributed by atoms with Crippen molar-refractivity contribution < 1.29 is 26.5 Å². The molecule has 0 aliphatic heterocycles. The van der Waals surface area contributed by atoms with Gasteiger partial charge in [-0.3, -0.25) is 9.35 Å². The molecule has 0 aliphatic rings. The second kappa shape index (κ2) is 5.10. The Morgan fingerprint density at radius 2 is 1.65 bits per heavy atom. The molecule has 2 aromatic rings. The van der Waals surface area contributed by atoms with E-state index < -0.39 is 38.0 Å². The van der Waals surface area contributed by atoms with Crippen molar-refractivity contribution in [2.24, 2.45) is 0 Å². The van der Waals surface area contributed by atoms with Gasteiger partial charge in [0.1, 0.15) is 16.5 Å². The number of hydrogen-bond donors (Lipinski definition) is 1. The minimum Gasteiger partial charge on any atom is -0.288 e. The van der Waals surface area contributed by atoms with Gasteiger partial charge in [-0.1, -0.05) is 12.1 Å². The number of carbonyl (C=O) groups is 1. The van der Waals surface area contributed by atoms with Crippen LogP contribution in [0.3, 0.4) is 0 Å². The molecule has 0 unspecified atom stereocenters. The molecule has 0 spiro atoms. The van der Waals surface area contributed by atoms with Gasteiger partial charge >= 0.3 is 0 Å². The average molecular weight is 298 g/mol. The van der Waals surface area contributed by atoms with Gasteiger partial charge in [0, 0.05) is 11.6 Å². The van der Waals surface area contributed by atoms with Gasteiger partial charge in [-0.15, -0.1) is 0 Å². The fraction of sp³-hybridized carbons (Fsp3) is 0. The van der Waals surface area contributed by atoms with Crippen LogP contribution in [-0.4, -0.2) is 18.8 Å². The smallest absolute Gasteiger partial charge is 0.288 e. The highest BCUT2D eigenvalue weighted by molar-refractivity contribution is 7.86. The molecule has 0 aromatic heterocycles. The maximum absolute atomic E-state index is 13.5. The summed E-state index contributed by atoms with van der Waals surface area (Å²) in [6.45, 7) is 0. The molecule has 0 heterocycles. The Balaban J connectivity index is 2.60. The molecule has 0 saturated heterocycles. The first-order valence-electron chi connectivity index (χ1n) is 5.37. The van der Waals surface area contributed by atoms with E-state index in [9.17, 15) is 22.0 Å². The number of rotatable bonds is 3. The highest BCUT2D eigenvalue weighted by Crippen LogP contribution is 2.21. The summed E-state index contributed by atoms with van der Waals surface area (Å²) in [6.07, 6.45) is 0. The molecule has 0 bridgehead atoms. The monoisotopic (exact) mass is 298 g/mol. The lowest BCUT2D eigenvalue weighted by atomic mass is 10.0. The van der Waals surface area contributed by atoms with Crippen LogP contribution < -0.4 is 0 Å². The van der Waals surface area contributed by atoms with Crippen LogP contribution in [0, 0.1) is 11.6 Å². The van der Waals surface area contributed by atoms with E-state index in [1.165, 1.54) is 12.1 Å². The van der Waals surface area contributed by atoms with Crippen LogP contribution in [0.1, 0.15) is 15.9 Å². The molecule has 2 rings (SSSR count). The van der Waals surface area contributed by atoms with Crippen molar-refractivity contribution in [2.45, 2.75) is 4.90 Å². The summed E-state index contributed by atoms with van der Waals surface area (Å²) in [5.74, 6) is -2.93. The van der Waals surface area contributed by atoms with E-state index >= 15 is 0 Å². The lowest BCUT2D eigenvalue weighted by molar-refractivity contribution is 0.103. The van der Waals surface area contributed by atoms with E-state index in [0.29, 0.717) is 6.07 Å². The van der Waals surface area contributed by atoms with Crippen molar-refractivity contribution in [3.63, 3.8) is 0 Å². The maximum atomic E-state index is 13.5. The van der Waals surface area contributed by atoms with Crippen LogP contribution in [0.5, 0.6) is 0 Å². The van der Waals surface area contributed by atoms with Crippen LogP contribution in [0.25, 0.3) is 0 Å². The fourth-order valence-electron chi connectivity index (χ4n) is 1.70. The van der Waals surface area contributed by atoms with Gasteiger partial charge in [-0.05, 0) is 24.3 Å². The van der Waals surface area contributed by atoms with E-state index in [4.69, 9.17) is 4.55 Å². The minimum absolute atomic E-state index is 0.388. The van der Waals surface area contributed by atoms with E-state index in [2.05, 4.69) is 0 Å². The molecule has 20 heavy (non-hydrogen) atoms. The van der Waals surface area contributed by atoms with Gasteiger partial charge in [-0.2, -0.15) is 8.42 Å². The zero-order chi connectivity index (χ0) is 14.9. The van der Waals surface area contributed by atoms with E-state index in [-0.39, 0.29) is 5.56 Å². The molecule has 0 amide bonds. The summed E-state index contributed by atoms with van der Waals surface area (Å²) in [4.78, 5) is 11.5. The predicted molar refractivity (Wildman–Crippen MR) is 66.0 cm³/mol. The van der Waals surface area contributed by atoms with Crippen LogP contribution >= 0.6 is 0 Å². The zero-order valence-electron chi connectivity index (χ0n) is 9.88. The number of carbonyl (C=O) groups excluding carboxylic acids is 1. The SMILES string of the molecule is O=C(c1ccc(F)cc1F)c1ccccc1S(=O)(=O)O. The Kier molecular flexibility index (Phi) is 3.65. The topological polar surface area (TPSA) is 71.4 Å². The van der Waals surface area contributed by atoms with E-state index in [1.807, 2.05) is 0 Å². The molecule has 2 aromatic carbocycles. The standard InChI is InChI=1S/C13H8F2O4S/c14-8-5-6-9(11(15)7-8)13(16)10-3-1-2-4-12(10)20(17,18)19/h1-7H,(H,17,18,19). The Labute approximate surface area is 113 Å². The average Bonchev–Trinajstić information content (AvgIpc) is 2.37. The van der Waals surface area contributed by atoms with Crippen LogP contribution in [0.15, 0.2) is 47.4 Å². The molecule has 104 valence electrons. The normalized spacial score (nSPS) is 11.3. The Bertz CT molecular complexity index is 785. The molecule has 0 atom stereocenters. The van der Waals surface area contributed by atoms with Crippen LogP contribution in [0.4, 0.5) is 8.78 Å². The lowest BCUT2D eigenvalue weighted by Gasteiger charge is -2.07. The molecule has 0 saturated carbocycles. The molecular formula is C13H8F2O4S. The van der Waals surface area contributed by atoms with Gasteiger partial charge in [0.05, 0.1) is 5.56 Å². The second-order valence-electron chi connectivity index (χ2n) is 3.92. The molecule has 4 nitrogen and oxygen atoms in total. The first-order chi connectivity index (χ1) is 9.30. The predicted octanol–water partition coefficient (Wildman–Crippen LogP) is 2.44. The third kappa shape index (κ3) is 2.73. The van der Waals surface area contributed by atoms with E-state index in [0.717, 1.165) is 24.3 Å². The third-order valence-corrected chi connectivity index (χ3v) is 3.50. The lowest BCUT2D eigenvalue weighted by Crippen LogP contribution is -2.11. The minimum atomic E-state index is -4.62. The maximum Gasteiger partial charge on any atom is 0.295 e. The molecule has 0 fully saturated rings. The van der Waals surface area contributed by atoms with Gasteiger partial charge in [0.15, 0.2) is 5.78 Å². The number of hydrogen-bond acceptors (Lipinski definition) is 3. The van der Waals surface area contributed by atoms with Crippen molar-refractivity contribution in [3.8, 4) is 0 Å². The second-order valence-corrected chi connectivity index (χ2v) is 5.31. The first kappa shape index (κ1) is 14.3. The quantitative estimate of drug-likeness (QED) is 0.698.